The van der Waals surface area contributed by atoms with Crippen LogP contribution in [0.15, 0.2) is 30.3 Å². The molecule has 1 aliphatic rings. The Morgan fingerprint density at radius 3 is 2.61 bits per heavy atom. The molecule has 18 heavy (non-hydrogen) atoms. The van der Waals surface area contributed by atoms with E-state index >= 15 is 0 Å². The summed E-state index contributed by atoms with van der Waals surface area (Å²) in [6, 6.07) is 8.35. The minimum atomic E-state index is -0.242. The zero-order valence-electron chi connectivity index (χ0n) is 10.2. The average Bonchev–Trinajstić information content (AvgIpc) is 2.69. The maximum absolute atomic E-state index is 13.0. The van der Waals surface area contributed by atoms with Crippen LogP contribution < -0.4 is 0 Å². The van der Waals surface area contributed by atoms with Crippen molar-refractivity contribution in [1.29, 1.82) is 0 Å². The predicted octanol–water partition coefficient (Wildman–Crippen LogP) is 3.44. The van der Waals surface area contributed by atoms with Crippen molar-refractivity contribution in [3.05, 3.63) is 53.1 Å². The molecule has 0 fully saturated rings. The number of hydrogen-bond donors (Lipinski definition) is 0. The molecule has 0 saturated heterocycles. The highest BCUT2D eigenvalue weighted by Crippen LogP contribution is 2.28. The SMILES string of the molecule is Cc1cc2c(n1-c1ccc(F)cc1)CCCC2=O. The van der Waals surface area contributed by atoms with Gasteiger partial charge in [-0.15, -0.1) is 0 Å². The molecule has 0 radical (unpaired) electrons. The molecule has 3 heteroatoms. The second-order valence-corrected chi connectivity index (χ2v) is 4.73. The van der Waals surface area contributed by atoms with Crippen molar-refractivity contribution in [2.24, 2.45) is 0 Å². The highest BCUT2D eigenvalue weighted by Gasteiger charge is 2.22. The molecule has 2 aromatic rings. The minimum absolute atomic E-state index is 0.222. The largest absolute Gasteiger partial charge is 0.317 e. The Balaban J connectivity index is 2.18. The summed E-state index contributed by atoms with van der Waals surface area (Å²) in [6.07, 6.45) is 2.45. The van der Waals surface area contributed by atoms with Crippen molar-refractivity contribution in [1.82, 2.24) is 4.57 Å². The van der Waals surface area contributed by atoms with Crippen molar-refractivity contribution >= 4 is 5.78 Å². The Morgan fingerprint density at radius 1 is 1.17 bits per heavy atom. The minimum Gasteiger partial charge on any atom is -0.317 e. The van der Waals surface area contributed by atoms with Gasteiger partial charge in [0.1, 0.15) is 5.82 Å². The Hall–Kier alpha value is -1.90. The third kappa shape index (κ3) is 1.67. The molecule has 0 saturated carbocycles. The summed E-state index contributed by atoms with van der Waals surface area (Å²) in [5.74, 6) is -0.0197. The van der Waals surface area contributed by atoms with E-state index in [4.69, 9.17) is 0 Å². The standard InChI is InChI=1S/C15H14FNO/c1-10-9-13-14(3-2-4-15(13)18)17(10)12-7-5-11(16)6-8-12/h5-9H,2-4H2,1H3. The van der Waals surface area contributed by atoms with Gasteiger partial charge in [0.15, 0.2) is 5.78 Å². The molecular weight excluding hydrogens is 229 g/mol. The molecule has 1 aliphatic carbocycles. The van der Waals surface area contributed by atoms with Crippen LogP contribution in [0.4, 0.5) is 4.39 Å². The number of nitrogens with zero attached hydrogens (tertiary/aromatic N) is 1. The van der Waals surface area contributed by atoms with Gasteiger partial charge in [-0.2, -0.15) is 0 Å². The first-order valence-electron chi connectivity index (χ1n) is 6.17. The molecule has 1 aromatic heterocycles. The lowest BCUT2D eigenvalue weighted by molar-refractivity contribution is 0.0972. The van der Waals surface area contributed by atoms with Crippen LogP contribution in [0.1, 0.15) is 34.6 Å². The number of fused-ring (bicyclic) bond motifs is 1. The zero-order chi connectivity index (χ0) is 12.7. The van der Waals surface area contributed by atoms with E-state index in [1.807, 2.05) is 13.0 Å². The number of carbonyl (C=O) groups excluding carboxylic acids is 1. The zero-order valence-corrected chi connectivity index (χ0v) is 10.2. The second kappa shape index (κ2) is 4.09. The maximum Gasteiger partial charge on any atom is 0.164 e. The molecule has 0 amide bonds. The fourth-order valence-corrected chi connectivity index (χ4v) is 2.68. The number of halogens is 1. The average molecular weight is 243 g/mol. The molecule has 2 nitrogen and oxygen atoms in total. The van der Waals surface area contributed by atoms with Gasteiger partial charge in [-0.05, 0) is 50.1 Å². The van der Waals surface area contributed by atoms with Crippen LogP contribution in [0.3, 0.4) is 0 Å². The van der Waals surface area contributed by atoms with Gasteiger partial charge >= 0.3 is 0 Å². The van der Waals surface area contributed by atoms with Crippen molar-refractivity contribution < 1.29 is 9.18 Å². The van der Waals surface area contributed by atoms with Crippen molar-refractivity contribution in [2.45, 2.75) is 26.2 Å². The van der Waals surface area contributed by atoms with Crippen LogP contribution in [0.2, 0.25) is 0 Å². The summed E-state index contributed by atoms with van der Waals surface area (Å²) >= 11 is 0. The first-order chi connectivity index (χ1) is 8.66. The van der Waals surface area contributed by atoms with E-state index in [1.165, 1.54) is 12.1 Å². The summed E-state index contributed by atoms with van der Waals surface area (Å²) < 4.78 is 15.0. The molecule has 0 aliphatic heterocycles. The molecule has 0 bridgehead atoms. The molecule has 0 spiro atoms. The highest BCUT2D eigenvalue weighted by atomic mass is 19.1. The van der Waals surface area contributed by atoms with E-state index in [1.54, 1.807) is 12.1 Å². The fourth-order valence-electron chi connectivity index (χ4n) is 2.68. The lowest BCUT2D eigenvalue weighted by atomic mass is 9.96. The molecule has 0 atom stereocenters. The molecule has 0 N–H and O–H groups in total. The Morgan fingerprint density at radius 2 is 1.89 bits per heavy atom. The van der Waals surface area contributed by atoms with Crippen LogP contribution in [0.5, 0.6) is 0 Å². The summed E-state index contributed by atoms with van der Waals surface area (Å²) in [5, 5.41) is 0. The molecule has 0 unspecified atom stereocenters. The third-order valence-corrected chi connectivity index (χ3v) is 3.49. The van der Waals surface area contributed by atoms with Crippen LogP contribution in [0, 0.1) is 12.7 Å². The summed E-state index contributed by atoms with van der Waals surface area (Å²) in [4.78, 5) is 11.9. The number of benzene rings is 1. The first kappa shape index (κ1) is 11.2. The quantitative estimate of drug-likeness (QED) is 0.752. The van der Waals surface area contributed by atoms with Crippen molar-refractivity contribution in [2.75, 3.05) is 0 Å². The van der Waals surface area contributed by atoms with Crippen LogP contribution >= 0.6 is 0 Å². The lowest BCUT2D eigenvalue weighted by Crippen LogP contribution is -2.12. The van der Waals surface area contributed by atoms with Gasteiger partial charge in [0.05, 0.1) is 0 Å². The smallest absolute Gasteiger partial charge is 0.164 e. The molecule has 1 aromatic carbocycles. The number of rotatable bonds is 1. The third-order valence-electron chi connectivity index (χ3n) is 3.49. The van der Waals surface area contributed by atoms with Crippen LogP contribution in [0.25, 0.3) is 5.69 Å². The molecule has 1 heterocycles. The van der Waals surface area contributed by atoms with E-state index in [2.05, 4.69) is 4.57 Å². The lowest BCUT2D eigenvalue weighted by Gasteiger charge is -2.16. The van der Waals surface area contributed by atoms with Gasteiger partial charge < -0.3 is 4.57 Å². The maximum atomic E-state index is 13.0. The molecule has 92 valence electrons. The number of aromatic nitrogens is 1. The van der Waals surface area contributed by atoms with Crippen molar-refractivity contribution in [3.8, 4) is 5.69 Å². The second-order valence-electron chi connectivity index (χ2n) is 4.73. The number of carbonyl (C=O) groups is 1. The molecular formula is C15H14FNO. The van der Waals surface area contributed by atoms with Gasteiger partial charge in [0.2, 0.25) is 0 Å². The van der Waals surface area contributed by atoms with Gasteiger partial charge in [-0.3, -0.25) is 4.79 Å². The summed E-state index contributed by atoms with van der Waals surface area (Å²) in [5.41, 5.74) is 3.85. The van der Waals surface area contributed by atoms with Crippen LogP contribution in [-0.2, 0) is 6.42 Å². The van der Waals surface area contributed by atoms with Gasteiger partial charge in [0.25, 0.3) is 0 Å². The summed E-state index contributed by atoms with van der Waals surface area (Å²) in [6.45, 7) is 1.98. The van der Waals surface area contributed by atoms with Crippen LogP contribution in [-0.4, -0.2) is 10.4 Å². The normalized spacial score (nSPS) is 14.7. The Bertz CT molecular complexity index is 610. The number of hydrogen-bond acceptors (Lipinski definition) is 1. The summed E-state index contributed by atoms with van der Waals surface area (Å²) in [7, 11) is 0. The van der Waals surface area contributed by atoms with E-state index in [0.717, 1.165) is 35.5 Å². The van der Waals surface area contributed by atoms with Gasteiger partial charge in [-0.25, -0.2) is 4.39 Å². The Labute approximate surface area is 105 Å². The van der Waals surface area contributed by atoms with E-state index in [-0.39, 0.29) is 11.6 Å². The fraction of sp³-hybridized carbons (Fsp3) is 0.267. The molecule has 3 rings (SSSR count). The van der Waals surface area contributed by atoms with E-state index < -0.39 is 0 Å². The predicted molar refractivity (Wildman–Crippen MR) is 67.7 cm³/mol. The number of aryl methyl sites for hydroxylation is 1. The van der Waals surface area contributed by atoms with E-state index in [9.17, 15) is 9.18 Å². The topological polar surface area (TPSA) is 22.0 Å². The van der Waals surface area contributed by atoms with Crippen molar-refractivity contribution in [3.63, 3.8) is 0 Å². The number of ketones is 1. The first-order valence-corrected chi connectivity index (χ1v) is 6.17. The Kier molecular flexibility index (Phi) is 2.54. The highest BCUT2D eigenvalue weighted by molar-refractivity contribution is 5.98. The van der Waals surface area contributed by atoms with Gasteiger partial charge in [0, 0.05) is 29.1 Å². The van der Waals surface area contributed by atoms with Gasteiger partial charge in [-0.1, -0.05) is 0 Å². The monoisotopic (exact) mass is 243 g/mol. The van der Waals surface area contributed by atoms with E-state index in [0.29, 0.717) is 6.42 Å². The number of Topliss-reactive ketones (excluding diaryl/α,β-unsaturated/α-hetero) is 1.